The standard InChI is InChI=1S/C21H22FNO5S3/c1-14-12-19(15(2)11-18(14)28-3)31(26,27)23-13-20(16-6-8-17(22)9-7-16)30(24,25)21-5-4-10-29-21/h4-12,20,23H,13H2,1-3H3/t20-/m1/s1. The molecule has 0 aliphatic carbocycles. The van der Waals surface area contributed by atoms with Crippen LogP contribution >= 0.6 is 11.3 Å². The van der Waals surface area contributed by atoms with Gasteiger partial charge in [0.1, 0.15) is 21.0 Å². The second kappa shape index (κ2) is 9.07. The molecular weight excluding hydrogens is 461 g/mol. The largest absolute Gasteiger partial charge is 0.496 e. The molecule has 31 heavy (non-hydrogen) atoms. The van der Waals surface area contributed by atoms with Crippen LogP contribution in [-0.2, 0) is 19.9 Å². The van der Waals surface area contributed by atoms with Crippen LogP contribution in [0.25, 0.3) is 0 Å². The molecule has 0 amide bonds. The van der Waals surface area contributed by atoms with E-state index in [0.29, 0.717) is 22.4 Å². The minimum absolute atomic E-state index is 0.0391. The summed E-state index contributed by atoms with van der Waals surface area (Å²) in [6.07, 6.45) is 0. The fraction of sp³-hybridized carbons (Fsp3) is 0.238. The van der Waals surface area contributed by atoms with Gasteiger partial charge in [-0.05, 0) is 66.2 Å². The molecule has 0 spiro atoms. The van der Waals surface area contributed by atoms with Gasteiger partial charge in [-0.1, -0.05) is 18.2 Å². The molecule has 0 aliphatic heterocycles. The van der Waals surface area contributed by atoms with E-state index in [2.05, 4.69) is 4.72 Å². The van der Waals surface area contributed by atoms with Crippen LogP contribution in [-0.4, -0.2) is 30.5 Å². The molecule has 0 saturated carbocycles. The third-order valence-corrected chi connectivity index (χ3v) is 9.93. The number of hydrogen-bond acceptors (Lipinski definition) is 6. The molecule has 6 nitrogen and oxygen atoms in total. The summed E-state index contributed by atoms with van der Waals surface area (Å²) in [7, 11) is -6.43. The fourth-order valence-corrected chi connectivity index (χ4v) is 7.51. The smallest absolute Gasteiger partial charge is 0.240 e. The van der Waals surface area contributed by atoms with Gasteiger partial charge in [0.25, 0.3) is 0 Å². The second-order valence-corrected chi connectivity index (χ2v) is 12.0. The molecule has 1 heterocycles. The van der Waals surface area contributed by atoms with Crippen molar-refractivity contribution in [1.29, 1.82) is 0 Å². The van der Waals surface area contributed by atoms with Crippen molar-refractivity contribution in [3.05, 3.63) is 76.4 Å². The van der Waals surface area contributed by atoms with Crippen LogP contribution in [0.1, 0.15) is 21.9 Å². The highest BCUT2D eigenvalue weighted by molar-refractivity contribution is 7.93. The lowest BCUT2D eigenvalue weighted by atomic mass is 10.1. The van der Waals surface area contributed by atoms with E-state index in [0.717, 1.165) is 23.5 Å². The van der Waals surface area contributed by atoms with Crippen LogP contribution in [0.4, 0.5) is 4.39 Å². The third kappa shape index (κ3) is 4.98. The molecule has 166 valence electrons. The van der Waals surface area contributed by atoms with E-state index in [4.69, 9.17) is 4.74 Å². The van der Waals surface area contributed by atoms with Gasteiger partial charge in [-0.25, -0.2) is 25.9 Å². The van der Waals surface area contributed by atoms with Crippen molar-refractivity contribution in [3.8, 4) is 5.75 Å². The molecule has 0 bridgehead atoms. The molecule has 0 aliphatic rings. The summed E-state index contributed by atoms with van der Waals surface area (Å²) in [4.78, 5) is 0.0391. The normalized spacial score (nSPS) is 13.2. The Morgan fingerprint density at radius 2 is 1.71 bits per heavy atom. The maximum atomic E-state index is 13.4. The molecule has 3 aromatic rings. The first kappa shape index (κ1) is 23.4. The quantitative estimate of drug-likeness (QED) is 0.523. The van der Waals surface area contributed by atoms with E-state index < -0.39 is 37.5 Å². The lowest BCUT2D eigenvalue weighted by molar-refractivity contribution is 0.411. The van der Waals surface area contributed by atoms with Gasteiger partial charge in [0.15, 0.2) is 9.84 Å². The summed E-state index contributed by atoms with van der Waals surface area (Å²) in [6, 6.07) is 11.2. The number of halogens is 1. The monoisotopic (exact) mass is 483 g/mol. The predicted molar refractivity (Wildman–Crippen MR) is 118 cm³/mol. The number of methoxy groups -OCH3 is 1. The SMILES string of the molecule is COc1cc(C)c(S(=O)(=O)NC[C@H](c2ccc(F)cc2)S(=O)(=O)c2cccs2)cc1C. The summed E-state index contributed by atoms with van der Waals surface area (Å²) in [5.74, 6) is 0.0434. The zero-order valence-electron chi connectivity index (χ0n) is 17.1. The van der Waals surface area contributed by atoms with E-state index in [9.17, 15) is 21.2 Å². The highest BCUT2D eigenvalue weighted by atomic mass is 32.2. The first-order chi connectivity index (χ1) is 14.6. The number of sulfonamides is 1. The van der Waals surface area contributed by atoms with Crippen molar-refractivity contribution in [2.75, 3.05) is 13.7 Å². The maximum absolute atomic E-state index is 13.4. The number of ether oxygens (including phenoxy) is 1. The minimum atomic E-state index is -4.02. The van der Waals surface area contributed by atoms with Crippen LogP contribution in [0, 0.1) is 19.7 Å². The van der Waals surface area contributed by atoms with Gasteiger partial charge in [0.05, 0.1) is 12.0 Å². The Morgan fingerprint density at radius 1 is 1.03 bits per heavy atom. The van der Waals surface area contributed by atoms with Crippen LogP contribution in [0.3, 0.4) is 0 Å². The Balaban J connectivity index is 1.97. The number of aryl methyl sites for hydroxylation is 2. The molecule has 0 radical (unpaired) electrons. The molecule has 1 aromatic heterocycles. The Morgan fingerprint density at radius 3 is 2.29 bits per heavy atom. The van der Waals surface area contributed by atoms with Crippen molar-refractivity contribution in [2.24, 2.45) is 0 Å². The Kier molecular flexibility index (Phi) is 6.85. The fourth-order valence-electron chi connectivity index (χ4n) is 3.19. The molecular formula is C21H22FNO5S3. The summed E-state index contributed by atoms with van der Waals surface area (Å²) < 4.78 is 73.6. The van der Waals surface area contributed by atoms with Crippen molar-refractivity contribution >= 4 is 31.2 Å². The summed E-state index contributed by atoms with van der Waals surface area (Å²) in [6.45, 7) is 2.95. The number of benzene rings is 2. The Bertz CT molecular complexity index is 1270. The lowest BCUT2D eigenvalue weighted by Crippen LogP contribution is -2.32. The number of nitrogens with one attached hydrogen (secondary N) is 1. The first-order valence-electron chi connectivity index (χ1n) is 9.24. The Labute approximate surface area is 185 Å². The number of hydrogen-bond donors (Lipinski definition) is 1. The summed E-state index contributed by atoms with van der Waals surface area (Å²) in [5.41, 5.74) is 1.39. The van der Waals surface area contributed by atoms with Gasteiger partial charge in [-0.2, -0.15) is 0 Å². The predicted octanol–water partition coefficient (Wildman–Crippen LogP) is 4.01. The molecule has 0 unspecified atom stereocenters. The number of rotatable bonds is 8. The van der Waals surface area contributed by atoms with Gasteiger partial charge in [-0.3, -0.25) is 0 Å². The van der Waals surface area contributed by atoms with Crippen molar-refractivity contribution < 1.29 is 26.0 Å². The Hall–Kier alpha value is -2.27. The summed E-state index contributed by atoms with van der Waals surface area (Å²) in [5, 5.41) is 0.406. The van der Waals surface area contributed by atoms with Crippen LogP contribution in [0.15, 0.2) is 63.0 Å². The topological polar surface area (TPSA) is 89.5 Å². The van der Waals surface area contributed by atoms with Crippen LogP contribution < -0.4 is 9.46 Å². The lowest BCUT2D eigenvalue weighted by Gasteiger charge is -2.19. The average molecular weight is 484 g/mol. The van der Waals surface area contributed by atoms with E-state index >= 15 is 0 Å². The second-order valence-electron chi connectivity index (χ2n) is 6.96. The molecule has 0 fully saturated rings. The molecule has 3 rings (SSSR count). The molecule has 1 N–H and O–H groups in total. The van der Waals surface area contributed by atoms with E-state index in [1.165, 1.54) is 31.4 Å². The molecule has 1 atom stereocenters. The van der Waals surface area contributed by atoms with Crippen molar-refractivity contribution in [3.63, 3.8) is 0 Å². The van der Waals surface area contributed by atoms with Gasteiger partial charge in [0, 0.05) is 6.54 Å². The first-order valence-corrected chi connectivity index (χ1v) is 13.1. The maximum Gasteiger partial charge on any atom is 0.240 e. The van der Waals surface area contributed by atoms with E-state index in [-0.39, 0.29) is 9.10 Å². The van der Waals surface area contributed by atoms with Gasteiger partial charge >= 0.3 is 0 Å². The van der Waals surface area contributed by atoms with Crippen molar-refractivity contribution in [2.45, 2.75) is 28.2 Å². The highest BCUT2D eigenvalue weighted by Crippen LogP contribution is 2.32. The molecule has 10 heteroatoms. The zero-order valence-corrected chi connectivity index (χ0v) is 19.6. The number of thiophene rings is 1. The van der Waals surface area contributed by atoms with Crippen LogP contribution in [0.2, 0.25) is 0 Å². The molecule has 2 aromatic carbocycles. The summed E-state index contributed by atoms with van der Waals surface area (Å²) >= 11 is 1.04. The van der Waals surface area contributed by atoms with Gasteiger partial charge in [-0.15, -0.1) is 11.3 Å². The van der Waals surface area contributed by atoms with E-state index in [1.54, 1.807) is 31.4 Å². The van der Waals surface area contributed by atoms with E-state index in [1.807, 2.05) is 0 Å². The highest BCUT2D eigenvalue weighted by Gasteiger charge is 2.32. The zero-order chi connectivity index (χ0) is 22.8. The third-order valence-electron chi connectivity index (χ3n) is 4.83. The van der Waals surface area contributed by atoms with Crippen LogP contribution in [0.5, 0.6) is 5.75 Å². The van der Waals surface area contributed by atoms with Gasteiger partial charge < -0.3 is 4.74 Å². The average Bonchev–Trinajstić information content (AvgIpc) is 3.26. The number of sulfone groups is 1. The minimum Gasteiger partial charge on any atom is -0.496 e. The van der Waals surface area contributed by atoms with Crippen molar-refractivity contribution in [1.82, 2.24) is 4.72 Å². The molecule has 0 saturated heterocycles. The van der Waals surface area contributed by atoms with Gasteiger partial charge in [0.2, 0.25) is 10.0 Å².